The largest absolute Gasteiger partial charge is 0.607 e. The average molecular weight is 371 g/mol. The third kappa shape index (κ3) is 3.01. The summed E-state index contributed by atoms with van der Waals surface area (Å²) < 4.78 is 18.7. The predicted molar refractivity (Wildman–Crippen MR) is 83.3 cm³/mol. The maximum atomic E-state index is 12.3. The van der Waals surface area contributed by atoms with Gasteiger partial charge in [0.25, 0.3) is 0 Å². The SMILES string of the molecule is [O-][S+](Cc1ccc(Cl)cc1)c1nc2cc(Br)ccc2o1. The van der Waals surface area contributed by atoms with Gasteiger partial charge in [0.15, 0.2) is 5.58 Å². The first kappa shape index (κ1) is 13.9. The molecule has 6 heteroatoms. The Balaban J connectivity index is 1.84. The molecule has 0 radical (unpaired) electrons. The van der Waals surface area contributed by atoms with Crippen LogP contribution in [0.2, 0.25) is 5.02 Å². The highest BCUT2D eigenvalue weighted by Crippen LogP contribution is 2.24. The fraction of sp³-hybridized carbons (Fsp3) is 0.0714. The smallest absolute Gasteiger partial charge is 0.416 e. The van der Waals surface area contributed by atoms with Crippen LogP contribution in [-0.4, -0.2) is 9.54 Å². The topological polar surface area (TPSA) is 49.1 Å². The Morgan fingerprint density at radius 1 is 1.20 bits per heavy atom. The van der Waals surface area contributed by atoms with Crippen LogP contribution >= 0.6 is 27.5 Å². The van der Waals surface area contributed by atoms with E-state index < -0.39 is 11.2 Å². The Morgan fingerprint density at radius 3 is 2.70 bits per heavy atom. The second-order valence-electron chi connectivity index (χ2n) is 4.21. The van der Waals surface area contributed by atoms with Crippen LogP contribution in [-0.2, 0) is 16.9 Å². The third-order valence-electron chi connectivity index (χ3n) is 2.74. The molecule has 0 fully saturated rings. The van der Waals surface area contributed by atoms with E-state index in [9.17, 15) is 4.55 Å². The molecule has 0 spiro atoms. The van der Waals surface area contributed by atoms with Gasteiger partial charge in [-0.3, -0.25) is 0 Å². The molecule has 0 amide bonds. The molecule has 1 unspecified atom stereocenters. The number of nitrogens with zero attached hydrogens (tertiary/aromatic N) is 1. The molecule has 0 aliphatic rings. The summed E-state index contributed by atoms with van der Waals surface area (Å²) in [6.07, 6.45) is 0. The number of aromatic nitrogens is 1. The van der Waals surface area contributed by atoms with Crippen molar-refractivity contribution in [3.63, 3.8) is 0 Å². The maximum Gasteiger partial charge on any atom is 0.416 e. The van der Waals surface area contributed by atoms with Crippen LogP contribution in [0.25, 0.3) is 11.1 Å². The summed E-state index contributed by atoms with van der Waals surface area (Å²) in [5.41, 5.74) is 2.25. The molecule has 0 bridgehead atoms. The van der Waals surface area contributed by atoms with Crippen LogP contribution in [0.3, 0.4) is 0 Å². The first-order valence-corrected chi connectivity index (χ1v) is 8.30. The molecular formula is C14H9BrClNO2S. The molecule has 0 aliphatic heterocycles. The molecule has 102 valence electrons. The van der Waals surface area contributed by atoms with Crippen molar-refractivity contribution in [3.05, 3.63) is 57.5 Å². The number of halogens is 2. The Kier molecular flexibility index (Phi) is 4.03. The summed E-state index contributed by atoms with van der Waals surface area (Å²) in [4.78, 5) is 4.26. The van der Waals surface area contributed by atoms with E-state index in [0.717, 1.165) is 10.0 Å². The van der Waals surface area contributed by atoms with Crippen molar-refractivity contribution in [2.24, 2.45) is 0 Å². The van der Waals surface area contributed by atoms with Crippen molar-refractivity contribution < 1.29 is 8.97 Å². The van der Waals surface area contributed by atoms with Gasteiger partial charge in [-0.2, -0.15) is 4.98 Å². The normalized spacial score (nSPS) is 12.8. The van der Waals surface area contributed by atoms with Gasteiger partial charge in [0.1, 0.15) is 11.3 Å². The van der Waals surface area contributed by atoms with E-state index in [2.05, 4.69) is 20.9 Å². The van der Waals surface area contributed by atoms with E-state index in [1.165, 1.54) is 0 Å². The van der Waals surface area contributed by atoms with Crippen molar-refractivity contribution in [1.82, 2.24) is 4.98 Å². The number of hydrogen-bond donors (Lipinski definition) is 0. The molecule has 0 saturated carbocycles. The summed E-state index contributed by atoms with van der Waals surface area (Å²) in [5, 5.41) is 0.902. The molecule has 1 aromatic heterocycles. The molecule has 1 heterocycles. The molecular weight excluding hydrogens is 362 g/mol. The minimum absolute atomic E-state index is 0.244. The van der Waals surface area contributed by atoms with Crippen LogP contribution in [0.5, 0.6) is 0 Å². The number of rotatable bonds is 3. The average Bonchev–Trinajstić information content (AvgIpc) is 2.84. The lowest BCUT2D eigenvalue weighted by molar-refractivity contribution is 0.458. The minimum atomic E-state index is -1.32. The Bertz CT molecular complexity index is 745. The first-order valence-electron chi connectivity index (χ1n) is 5.81. The molecule has 0 N–H and O–H groups in total. The summed E-state index contributed by atoms with van der Waals surface area (Å²) in [6.45, 7) is 0. The lowest BCUT2D eigenvalue weighted by Gasteiger charge is -2.05. The van der Waals surface area contributed by atoms with Gasteiger partial charge in [-0.15, -0.1) is 0 Å². The number of benzene rings is 2. The highest BCUT2D eigenvalue weighted by Gasteiger charge is 2.20. The second-order valence-corrected chi connectivity index (χ2v) is 6.89. The molecule has 0 aliphatic carbocycles. The zero-order chi connectivity index (χ0) is 14.1. The molecule has 20 heavy (non-hydrogen) atoms. The summed E-state index contributed by atoms with van der Waals surface area (Å²) >= 11 is 7.88. The molecule has 3 rings (SSSR count). The highest BCUT2D eigenvalue weighted by molar-refractivity contribution is 9.10. The molecule has 2 aromatic carbocycles. The predicted octanol–water partition coefficient (Wildman–Crippen LogP) is 4.55. The van der Waals surface area contributed by atoms with Gasteiger partial charge in [-0.25, -0.2) is 0 Å². The Hall–Kier alpha value is -1.01. The number of fused-ring (bicyclic) bond motifs is 1. The zero-order valence-electron chi connectivity index (χ0n) is 10.2. The van der Waals surface area contributed by atoms with Gasteiger partial charge in [0.2, 0.25) is 0 Å². The summed E-state index contributed by atoms with van der Waals surface area (Å²) in [6, 6.07) is 12.7. The van der Waals surface area contributed by atoms with E-state index in [0.29, 0.717) is 21.9 Å². The van der Waals surface area contributed by atoms with Crippen LogP contribution in [0, 0.1) is 0 Å². The van der Waals surface area contributed by atoms with Gasteiger partial charge in [-0.05, 0) is 30.3 Å². The molecule has 1 atom stereocenters. The van der Waals surface area contributed by atoms with E-state index in [1.54, 1.807) is 18.2 Å². The van der Waals surface area contributed by atoms with Crippen LogP contribution in [0.4, 0.5) is 0 Å². The van der Waals surface area contributed by atoms with Crippen molar-refractivity contribution in [1.29, 1.82) is 0 Å². The van der Waals surface area contributed by atoms with Crippen molar-refractivity contribution in [2.45, 2.75) is 11.0 Å². The fourth-order valence-electron chi connectivity index (χ4n) is 1.77. The molecule has 3 aromatic rings. The van der Waals surface area contributed by atoms with Crippen molar-refractivity contribution in [3.8, 4) is 0 Å². The molecule has 0 saturated heterocycles. The molecule has 3 nitrogen and oxygen atoms in total. The fourth-order valence-corrected chi connectivity index (χ4v) is 3.25. The lowest BCUT2D eigenvalue weighted by atomic mass is 10.2. The van der Waals surface area contributed by atoms with Gasteiger partial charge >= 0.3 is 5.22 Å². The quantitative estimate of drug-likeness (QED) is 0.635. The van der Waals surface area contributed by atoms with Crippen LogP contribution in [0.15, 0.2) is 56.6 Å². The minimum Gasteiger partial charge on any atom is -0.607 e. The zero-order valence-corrected chi connectivity index (χ0v) is 13.3. The standard InChI is InChI=1S/C14H9BrClNO2S/c15-10-3-6-13-12(7-10)17-14(19-13)20(18)8-9-1-4-11(16)5-2-9/h1-7H,8H2. The van der Waals surface area contributed by atoms with Crippen LogP contribution < -0.4 is 0 Å². The van der Waals surface area contributed by atoms with Gasteiger partial charge < -0.3 is 8.97 Å². The first-order chi connectivity index (χ1) is 9.61. The van der Waals surface area contributed by atoms with Gasteiger partial charge in [-0.1, -0.05) is 39.7 Å². The summed E-state index contributed by atoms with van der Waals surface area (Å²) in [5.74, 6) is 0.352. The highest BCUT2D eigenvalue weighted by atomic mass is 79.9. The number of hydrogen-bond acceptors (Lipinski definition) is 3. The van der Waals surface area contributed by atoms with E-state index in [4.69, 9.17) is 16.0 Å². The van der Waals surface area contributed by atoms with Crippen molar-refractivity contribution >= 4 is 49.8 Å². The van der Waals surface area contributed by atoms with E-state index in [-0.39, 0.29) is 5.22 Å². The van der Waals surface area contributed by atoms with Crippen molar-refractivity contribution in [2.75, 3.05) is 0 Å². The Morgan fingerprint density at radius 2 is 1.95 bits per heavy atom. The van der Waals surface area contributed by atoms with E-state index >= 15 is 0 Å². The maximum absolute atomic E-state index is 12.3. The van der Waals surface area contributed by atoms with Gasteiger partial charge in [0, 0.05) is 15.1 Å². The van der Waals surface area contributed by atoms with E-state index in [1.807, 2.05) is 24.3 Å². The second kappa shape index (κ2) is 5.77. The third-order valence-corrected chi connectivity index (χ3v) is 4.64. The van der Waals surface area contributed by atoms with Crippen LogP contribution in [0.1, 0.15) is 5.56 Å². The summed E-state index contributed by atoms with van der Waals surface area (Å²) in [7, 11) is 0. The van der Waals surface area contributed by atoms with Gasteiger partial charge in [0.05, 0.1) is 11.2 Å². The lowest BCUT2D eigenvalue weighted by Crippen LogP contribution is -2.05. The Labute approximate surface area is 132 Å². The number of oxazole rings is 1. The monoisotopic (exact) mass is 369 g/mol.